The number of nitrogens with one attached hydrogen (secondary N) is 3. The lowest BCUT2D eigenvalue weighted by atomic mass is 9.95. The maximum absolute atomic E-state index is 12.7. The van der Waals surface area contributed by atoms with Crippen LogP contribution in [0.4, 0.5) is 10.7 Å². The molecule has 30 heavy (non-hydrogen) atoms. The second-order valence-electron chi connectivity index (χ2n) is 7.62. The van der Waals surface area contributed by atoms with E-state index in [2.05, 4.69) is 16.0 Å². The van der Waals surface area contributed by atoms with Gasteiger partial charge in [-0.2, -0.15) is 0 Å². The first kappa shape index (κ1) is 20.4. The summed E-state index contributed by atoms with van der Waals surface area (Å²) in [7, 11) is 0. The van der Waals surface area contributed by atoms with Crippen molar-refractivity contribution in [3.05, 3.63) is 39.8 Å². The molecule has 0 fully saturated rings. The molecule has 1 aliphatic heterocycles. The molecular weight excluding hydrogens is 402 g/mol. The Balaban J connectivity index is 1.50. The zero-order valence-electron chi connectivity index (χ0n) is 17.1. The van der Waals surface area contributed by atoms with Crippen molar-refractivity contribution >= 4 is 39.7 Å². The van der Waals surface area contributed by atoms with Crippen molar-refractivity contribution < 1.29 is 19.1 Å². The van der Waals surface area contributed by atoms with Crippen LogP contribution in [0.1, 0.15) is 52.5 Å². The van der Waals surface area contributed by atoms with E-state index in [1.165, 1.54) is 11.3 Å². The molecule has 8 heteroatoms. The third-order valence-electron chi connectivity index (χ3n) is 5.31. The van der Waals surface area contributed by atoms with Gasteiger partial charge in [0.15, 0.2) is 6.10 Å². The Bertz CT molecular complexity index is 1010. The predicted molar refractivity (Wildman–Crippen MR) is 116 cm³/mol. The van der Waals surface area contributed by atoms with E-state index in [9.17, 15) is 14.4 Å². The monoisotopic (exact) mass is 427 g/mol. The zero-order chi connectivity index (χ0) is 21.3. The molecular formula is C22H25N3O4S. The highest BCUT2D eigenvalue weighted by molar-refractivity contribution is 7.17. The number of benzene rings is 1. The third kappa shape index (κ3) is 4.05. The number of thiophene rings is 1. The standard InChI is InChI=1S/C22H25N3O4S/c1-3-23-21(28)19-13-6-4-5-7-17(13)30-22(19)25-18(26)11-16-20(27)24-14-10-12(2)8-9-15(14)29-16/h8-10,16H,3-7,11H2,1-2H3,(H,23,28)(H,24,27)(H,25,26). The van der Waals surface area contributed by atoms with Crippen LogP contribution in [0.3, 0.4) is 0 Å². The summed E-state index contributed by atoms with van der Waals surface area (Å²) in [4.78, 5) is 38.9. The van der Waals surface area contributed by atoms with Crippen LogP contribution in [0.2, 0.25) is 0 Å². The van der Waals surface area contributed by atoms with Gasteiger partial charge in [0, 0.05) is 11.4 Å². The largest absolute Gasteiger partial charge is 0.478 e. The fourth-order valence-corrected chi connectivity index (χ4v) is 5.19. The second-order valence-corrected chi connectivity index (χ2v) is 8.73. The molecule has 3 N–H and O–H groups in total. The van der Waals surface area contributed by atoms with Crippen molar-refractivity contribution in [2.75, 3.05) is 17.2 Å². The van der Waals surface area contributed by atoms with Crippen LogP contribution in [0.5, 0.6) is 5.75 Å². The quantitative estimate of drug-likeness (QED) is 0.681. The van der Waals surface area contributed by atoms with Gasteiger partial charge in [-0.05, 0) is 62.8 Å². The number of carbonyl (C=O) groups excluding carboxylic acids is 3. The van der Waals surface area contributed by atoms with E-state index in [-0.39, 0.29) is 24.1 Å². The lowest BCUT2D eigenvalue weighted by molar-refractivity contribution is -0.128. The minimum atomic E-state index is -0.914. The van der Waals surface area contributed by atoms with E-state index in [4.69, 9.17) is 4.74 Å². The van der Waals surface area contributed by atoms with Crippen molar-refractivity contribution in [2.45, 2.75) is 52.1 Å². The van der Waals surface area contributed by atoms with Crippen molar-refractivity contribution in [1.82, 2.24) is 5.32 Å². The molecule has 2 heterocycles. The molecule has 1 aromatic carbocycles. The highest BCUT2D eigenvalue weighted by atomic mass is 32.1. The zero-order valence-corrected chi connectivity index (χ0v) is 17.9. The second kappa shape index (κ2) is 8.47. The Morgan fingerprint density at radius 1 is 1.27 bits per heavy atom. The molecule has 0 bridgehead atoms. The maximum atomic E-state index is 12.7. The summed E-state index contributed by atoms with van der Waals surface area (Å²) in [5.41, 5.74) is 3.23. The minimum absolute atomic E-state index is 0.128. The Hall–Kier alpha value is -2.87. The van der Waals surface area contributed by atoms with Crippen LogP contribution >= 0.6 is 11.3 Å². The van der Waals surface area contributed by atoms with Crippen LogP contribution in [0, 0.1) is 6.92 Å². The topological polar surface area (TPSA) is 96.5 Å². The van der Waals surface area contributed by atoms with Crippen molar-refractivity contribution in [2.24, 2.45) is 0 Å². The van der Waals surface area contributed by atoms with Gasteiger partial charge in [-0.25, -0.2) is 0 Å². The number of amides is 3. The van der Waals surface area contributed by atoms with Crippen molar-refractivity contribution in [1.29, 1.82) is 0 Å². The normalized spacial score (nSPS) is 17.3. The van der Waals surface area contributed by atoms with Gasteiger partial charge in [0.1, 0.15) is 10.8 Å². The van der Waals surface area contributed by atoms with Crippen LogP contribution in [0.15, 0.2) is 18.2 Å². The number of aryl methyl sites for hydroxylation is 2. The van der Waals surface area contributed by atoms with Crippen LogP contribution in [-0.2, 0) is 22.4 Å². The van der Waals surface area contributed by atoms with E-state index in [1.54, 1.807) is 6.07 Å². The Morgan fingerprint density at radius 2 is 2.07 bits per heavy atom. The van der Waals surface area contributed by atoms with Gasteiger partial charge in [0.2, 0.25) is 5.91 Å². The summed E-state index contributed by atoms with van der Waals surface area (Å²) in [5.74, 6) is -0.316. The fraction of sp³-hybridized carbons (Fsp3) is 0.409. The molecule has 0 radical (unpaired) electrons. The number of ether oxygens (including phenoxy) is 1. The first-order valence-electron chi connectivity index (χ1n) is 10.3. The summed E-state index contributed by atoms with van der Waals surface area (Å²) in [6.45, 7) is 4.32. The molecule has 2 aromatic rings. The molecule has 0 spiro atoms. The van der Waals surface area contributed by atoms with Gasteiger partial charge in [-0.15, -0.1) is 11.3 Å². The number of hydrogen-bond donors (Lipinski definition) is 3. The van der Waals surface area contributed by atoms with E-state index in [0.717, 1.165) is 41.7 Å². The first-order valence-corrected chi connectivity index (χ1v) is 11.1. The molecule has 0 saturated carbocycles. The Labute approximate surface area is 179 Å². The molecule has 7 nitrogen and oxygen atoms in total. The van der Waals surface area contributed by atoms with E-state index in [1.807, 2.05) is 26.0 Å². The van der Waals surface area contributed by atoms with Gasteiger partial charge < -0.3 is 20.7 Å². The Kier molecular flexibility index (Phi) is 5.76. The van der Waals surface area contributed by atoms with E-state index < -0.39 is 6.10 Å². The molecule has 1 unspecified atom stereocenters. The molecule has 1 aromatic heterocycles. The smallest absolute Gasteiger partial charge is 0.266 e. The molecule has 4 rings (SSSR count). The number of carbonyl (C=O) groups is 3. The highest BCUT2D eigenvalue weighted by Gasteiger charge is 2.31. The Morgan fingerprint density at radius 3 is 2.87 bits per heavy atom. The summed E-state index contributed by atoms with van der Waals surface area (Å²) in [6.07, 6.45) is 2.85. The highest BCUT2D eigenvalue weighted by Crippen LogP contribution is 2.38. The third-order valence-corrected chi connectivity index (χ3v) is 6.52. The molecule has 0 saturated heterocycles. The van der Waals surface area contributed by atoms with Crippen molar-refractivity contribution in [3.63, 3.8) is 0 Å². The van der Waals surface area contributed by atoms with E-state index in [0.29, 0.717) is 28.5 Å². The lowest BCUT2D eigenvalue weighted by Gasteiger charge is -2.25. The van der Waals surface area contributed by atoms with Gasteiger partial charge in [-0.1, -0.05) is 6.07 Å². The van der Waals surface area contributed by atoms with Crippen LogP contribution < -0.4 is 20.7 Å². The van der Waals surface area contributed by atoms with E-state index >= 15 is 0 Å². The summed E-state index contributed by atoms with van der Waals surface area (Å²) < 4.78 is 5.76. The molecule has 1 atom stereocenters. The number of fused-ring (bicyclic) bond motifs is 2. The predicted octanol–water partition coefficient (Wildman–Crippen LogP) is 3.41. The molecule has 2 aliphatic rings. The molecule has 158 valence electrons. The van der Waals surface area contributed by atoms with Gasteiger partial charge in [0.25, 0.3) is 11.8 Å². The number of rotatable bonds is 5. The summed E-state index contributed by atoms with van der Waals surface area (Å²) in [5, 5.41) is 9.07. The molecule has 3 amide bonds. The summed E-state index contributed by atoms with van der Waals surface area (Å²) >= 11 is 1.46. The SMILES string of the molecule is CCNC(=O)c1c(NC(=O)CC2Oc3ccc(C)cc3NC2=O)sc2c1CCCC2. The minimum Gasteiger partial charge on any atom is -0.478 e. The van der Waals surface area contributed by atoms with Crippen LogP contribution in [-0.4, -0.2) is 30.4 Å². The van der Waals surface area contributed by atoms with Crippen LogP contribution in [0.25, 0.3) is 0 Å². The lowest BCUT2D eigenvalue weighted by Crippen LogP contribution is -2.39. The van der Waals surface area contributed by atoms with Gasteiger partial charge in [0.05, 0.1) is 17.7 Å². The number of hydrogen-bond acceptors (Lipinski definition) is 5. The molecule has 1 aliphatic carbocycles. The first-order chi connectivity index (χ1) is 14.5. The van der Waals surface area contributed by atoms with Crippen molar-refractivity contribution in [3.8, 4) is 5.75 Å². The average Bonchev–Trinajstić information content (AvgIpc) is 3.06. The van der Waals surface area contributed by atoms with Gasteiger partial charge >= 0.3 is 0 Å². The fourth-order valence-electron chi connectivity index (χ4n) is 3.89. The maximum Gasteiger partial charge on any atom is 0.266 e. The summed E-state index contributed by atoms with van der Waals surface area (Å²) in [6, 6.07) is 5.51. The number of anilines is 2. The average molecular weight is 428 g/mol. The van der Waals surface area contributed by atoms with Gasteiger partial charge in [-0.3, -0.25) is 14.4 Å².